The van der Waals surface area contributed by atoms with Gasteiger partial charge in [0.1, 0.15) is 0 Å². The van der Waals surface area contributed by atoms with Gasteiger partial charge in [0.25, 0.3) is 0 Å². The van der Waals surface area contributed by atoms with E-state index in [0.29, 0.717) is 0 Å². The zero-order valence-corrected chi connectivity index (χ0v) is 31.4. The van der Waals surface area contributed by atoms with Crippen molar-refractivity contribution in [2.24, 2.45) is 0 Å². The van der Waals surface area contributed by atoms with Gasteiger partial charge in [-0.25, -0.2) is 9.97 Å². The standard InChI is InChI=1S/C50H42N6/c1-2-12-36-28-32-40-16-6-20-44(52-40)48-24-10-26-50(56-48)46-22-8-18-42(54-46)34-30-38-14-4-3-13-37(38)29-33-41-17-7-21-45(53-41)49-25-9-23-47(55-49)43-19-5-15-39(51-43)31-27-35(36)11-1/h1-26H,27-34H2. The maximum absolute atomic E-state index is 5.08. The van der Waals surface area contributed by atoms with Crippen molar-refractivity contribution in [2.75, 3.05) is 0 Å². The fourth-order valence-corrected chi connectivity index (χ4v) is 7.63. The second-order valence-corrected chi connectivity index (χ2v) is 14.4. The van der Waals surface area contributed by atoms with Gasteiger partial charge in [-0.3, -0.25) is 19.9 Å². The summed E-state index contributed by atoms with van der Waals surface area (Å²) in [6, 6.07) is 54.8. The molecule has 12 bridgehead atoms. The van der Waals surface area contributed by atoms with Crippen LogP contribution in [0.25, 0.3) is 45.6 Å². The second-order valence-electron chi connectivity index (χ2n) is 14.4. The van der Waals surface area contributed by atoms with Crippen LogP contribution >= 0.6 is 0 Å². The Morgan fingerprint density at radius 1 is 0.196 bits per heavy atom. The van der Waals surface area contributed by atoms with E-state index in [1.54, 1.807) is 0 Å². The van der Waals surface area contributed by atoms with Crippen LogP contribution in [0.2, 0.25) is 0 Å². The lowest BCUT2D eigenvalue weighted by Crippen LogP contribution is -2.03. The summed E-state index contributed by atoms with van der Waals surface area (Å²) in [7, 11) is 0. The van der Waals surface area contributed by atoms with Gasteiger partial charge < -0.3 is 0 Å². The molecule has 6 heteroatoms. The lowest BCUT2D eigenvalue weighted by Gasteiger charge is -2.12. The molecule has 1 aliphatic heterocycles. The molecule has 0 N–H and O–H groups in total. The Bertz CT molecular complexity index is 2280. The largest absolute Gasteiger partial charge is 0.251 e. The zero-order chi connectivity index (χ0) is 37.5. The van der Waals surface area contributed by atoms with Crippen molar-refractivity contribution in [1.82, 2.24) is 29.9 Å². The minimum atomic E-state index is 0.838. The number of hydrogen-bond donors (Lipinski definition) is 0. The van der Waals surface area contributed by atoms with E-state index in [1.165, 1.54) is 22.3 Å². The molecule has 6 aromatic heterocycles. The van der Waals surface area contributed by atoms with Crippen molar-refractivity contribution >= 4 is 0 Å². The van der Waals surface area contributed by atoms with Crippen molar-refractivity contribution in [1.29, 1.82) is 0 Å². The van der Waals surface area contributed by atoms with E-state index >= 15 is 0 Å². The molecule has 0 radical (unpaired) electrons. The number of rotatable bonds is 0. The van der Waals surface area contributed by atoms with Gasteiger partial charge in [0.05, 0.1) is 45.6 Å². The van der Waals surface area contributed by atoms with E-state index in [4.69, 9.17) is 29.9 Å². The maximum atomic E-state index is 5.08. The highest BCUT2D eigenvalue weighted by atomic mass is 14.8. The SMILES string of the molecule is c1cc2nc(c1)-c1cccc(n1)-c1cccc(n1)CCc1ccccc1CCc1cccc(n1)-c1cccc(n1)-c1cccc(n1)CCc1ccccc1CC2. The first kappa shape index (κ1) is 35.1. The lowest BCUT2D eigenvalue weighted by atomic mass is 9.97. The highest BCUT2D eigenvalue weighted by Gasteiger charge is 2.12. The van der Waals surface area contributed by atoms with E-state index in [1.807, 2.05) is 48.5 Å². The summed E-state index contributed by atoms with van der Waals surface area (Å²) in [5, 5.41) is 0. The zero-order valence-electron chi connectivity index (χ0n) is 31.4. The highest BCUT2D eigenvalue weighted by molar-refractivity contribution is 5.63. The Morgan fingerprint density at radius 3 is 0.661 bits per heavy atom. The van der Waals surface area contributed by atoms with Gasteiger partial charge in [-0.15, -0.1) is 0 Å². The number of aryl methyl sites for hydroxylation is 8. The molecule has 0 spiro atoms. The van der Waals surface area contributed by atoms with E-state index in [-0.39, 0.29) is 0 Å². The molecular formula is C50H42N6. The molecule has 7 heterocycles. The average Bonchev–Trinajstić information content (AvgIpc) is 3.27. The summed E-state index contributed by atoms with van der Waals surface area (Å²) in [5.74, 6) is 0. The highest BCUT2D eigenvalue weighted by Crippen LogP contribution is 2.25. The number of fused-ring (bicyclic) bond motifs is 18. The van der Waals surface area contributed by atoms with E-state index in [9.17, 15) is 0 Å². The average molecular weight is 727 g/mol. The second kappa shape index (κ2) is 16.4. The van der Waals surface area contributed by atoms with Crippen LogP contribution in [-0.2, 0) is 51.4 Å². The summed E-state index contributed by atoms with van der Waals surface area (Å²) in [6.45, 7) is 0. The monoisotopic (exact) mass is 726 g/mol. The summed E-state index contributed by atoms with van der Waals surface area (Å²) in [4.78, 5) is 30.4. The van der Waals surface area contributed by atoms with E-state index < -0.39 is 0 Å². The van der Waals surface area contributed by atoms with Crippen LogP contribution < -0.4 is 0 Å². The number of pyridine rings is 6. The molecule has 0 atom stereocenters. The first-order valence-corrected chi connectivity index (χ1v) is 19.6. The van der Waals surface area contributed by atoms with Crippen molar-refractivity contribution < 1.29 is 0 Å². The topological polar surface area (TPSA) is 77.3 Å². The van der Waals surface area contributed by atoms with Crippen molar-refractivity contribution in [2.45, 2.75) is 51.4 Å². The third-order valence-electron chi connectivity index (χ3n) is 10.6. The van der Waals surface area contributed by atoms with Gasteiger partial charge in [0, 0.05) is 22.8 Å². The van der Waals surface area contributed by atoms with Gasteiger partial charge in [-0.1, -0.05) is 84.9 Å². The molecule has 0 saturated carbocycles. The van der Waals surface area contributed by atoms with Crippen LogP contribution in [0.3, 0.4) is 0 Å². The Balaban J connectivity index is 1.05. The third-order valence-corrected chi connectivity index (χ3v) is 10.6. The fourth-order valence-electron chi connectivity index (χ4n) is 7.63. The number of benzene rings is 2. The van der Waals surface area contributed by atoms with Crippen LogP contribution in [-0.4, -0.2) is 29.9 Å². The van der Waals surface area contributed by atoms with Crippen molar-refractivity contribution in [3.8, 4) is 45.6 Å². The molecule has 6 nitrogen and oxygen atoms in total. The Kier molecular flexibility index (Phi) is 10.3. The van der Waals surface area contributed by atoms with Crippen LogP contribution in [0.4, 0.5) is 0 Å². The van der Waals surface area contributed by atoms with E-state index in [0.717, 1.165) is 120 Å². The van der Waals surface area contributed by atoms with Gasteiger partial charge in [0.15, 0.2) is 0 Å². The predicted octanol–water partition coefficient (Wildman–Crippen LogP) is 10.2. The van der Waals surface area contributed by atoms with Crippen LogP contribution in [0, 0.1) is 0 Å². The van der Waals surface area contributed by atoms with Gasteiger partial charge in [-0.2, -0.15) is 0 Å². The van der Waals surface area contributed by atoms with Crippen molar-refractivity contribution in [3.63, 3.8) is 0 Å². The smallest absolute Gasteiger partial charge is 0.0894 e. The normalized spacial score (nSPS) is 13.1. The van der Waals surface area contributed by atoms with Gasteiger partial charge in [-0.05, 0) is 146 Å². The minimum Gasteiger partial charge on any atom is -0.251 e. The number of hydrogen-bond acceptors (Lipinski definition) is 6. The molecular weight excluding hydrogens is 685 g/mol. The summed E-state index contributed by atoms with van der Waals surface area (Å²) in [5.41, 5.74) is 16.5. The van der Waals surface area contributed by atoms with Gasteiger partial charge in [0.2, 0.25) is 0 Å². The summed E-state index contributed by atoms with van der Waals surface area (Å²) < 4.78 is 0. The molecule has 8 aromatic rings. The van der Waals surface area contributed by atoms with Crippen LogP contribution in [0.1, 0.15) is 45.0 Å². The summed E-state index contributed by atoms with van der Waals surface area (Å²) in [6.07, 6.45) is 6.97. The maximum Gasteiger partial charge on any atom is 0.0894 e. The number of aromatic nitrogens is 6. The van der Waals surface area contributed by atoms with Gasteiger partial charge >= 0.3 is 0 Å². The Morgan fingerprint density at radius 2 is 0.411 bits per heavy atom. The fraction of sp³-hybridized carbons (Fsp3) is 0.160. The molecule has 0 unspecified atom stereocenters. The Hall–Kier alpha value is -6.66. The Labute approximate surface area is 328 Å². The van der Waals surface area contributed by atoms with E-state index in [2.05, 4.69) is 109 Å². The summed E-state index contributed by atoms with van der Waals surface area (Å²) >= 11 is 0. The van der Waals surface area contributed by atoms with Crippen LogP contribution in [0.5, 0.6) is 0 Å². The molecule has 0 saturated heterocycles. The van der Waals surface area contributed by atoms with Crippen molar-refractivity contribution in [3.05, 3.63) is 203 Å². The first-order valence-electron chi connectivity index (χ1n) is 19.6. The molecule has 0 amide bonds. The minimum absolute atomic E-state index is 0.838. The molecule has 272 valence electrons. The lowest BCUT2D eigenvalue weighted by molar-refractivity contribution is 0.860. The number of nitrogens with zero attached hydrogens (tertiary/aromatic N) is 6. The molecule has 1 aliphatic rings. The van der Waals surface area contributed by atoms with Crippen LogP contribution in [0.15, 0.2) is 158 Å². The first-order chi connectivity index (χ1) is 27.7. The molecule has 9 rings (SSSR count). The molecule has 0 aliphatic carbocycles. The third kappa shape index (κ3) is 8.20. The quantitative estimate of drug-likeness (QED) is 0.155. The molecule has 2 aromatic carbocycles. The predicted molar refractivity (Wildman–Crippen MR) is 224 cm³/mol. The molecule has 0 fully saturated rings. The molecule has 56 heavy (non-hydrogen) atoms.